The highest BCUT2D eigenvalue weighted by Gasteiger charge is 2.33. The number of rotatable bonds is 3. The molecular formula is C13H23F3N4. The smallest absolute Gasteiger partial charge is 0.385 e. The van der Waals surface area contributed by atoms with Gasteiger partial charge in [0.05, 0.1) is 6.54 Å². The van der Waals surface area contributed by atoms with E-state index in [1.165, 1.54) is 4.90 Å². The van der Waals surface area contributed by atoms with Gasteiger partial charge in [-0.25, -0.2) is 5.01 Å². The van der Waals surface area contributed by atoms with Crippen molar-refractivity contribution in [3.63, 3.8) is 0 Å². The van der Waals surface area contributed by atoms with Crippen LogP contribution in [-0.4, -0.2) is 60.4 Å². The minimum Gasteiger partial charge on any atom is -0.385 e. The maximum atomic E-state index is 12.3. The second kappa shape index (κ2) is 5.81. The molecule has 1 unspecified atom stereocenters. The largest absolute Gasteiger partial charge is 0.401 e. The van der Waals surface area contributed by atoms with Crippen molar-refractivity contribution >= 4 is 0 Å². The fourth-order valence-electron chi connectivity index (χ4n) is 2.90. The number of likely N-dealkylation sites (N-methyl/N-ethyl adjacent to an activating group) is 1. The van der Waals surface area contributed by atoms with Crippen LogP contribution in [0.25, 0.3) is 0 Å². The van der Waals surface area contributed by atoms with Gasteiger partial charge in [-0.2, -0.15) is 13.2 Å². The van der Waals surface area contributed by atoms with E-state index >= 15 is 0 Å². The van der Waals surface area contributed by atoms with Crippen LogP contribution < -0.4 is 5.73 Å². The van der Waals surface area contributed by atoms with Gasteiger partial charge in [-0.15, -0.1) is 0 Å². The standard InChI is InChI=1S/C13H23F3N4/c1-10-7-12(17)20(18(10)2)8-11-3-5-19(6-4-11)9-13(14,15)16/h7,10-11H,3-6,8-9,17H2,1-2H3. The van der Waals surface area contributed by atoms with Gasteiger partial charge >= 0.3 is 6.18 Å². The van der Waals surface area contributed by atoms with Gasteiger partial charge in [0, 0.05) is 19.6 Å². The first-order valence-electron chi connectivity index (χ1n) is 7.03. The van der Waals surface area contributed by atoms with Crippen LogP contribution in [0, 0.1) is 5.92 Å². The summed E-state index contributed by atoms with van der Waals surface area (Å²) in [7, 11) is 1.99. The molecule has 2 rings (SSSR count). The van der Waals surface area contributed by atoms with E-state index in [4.69, 9.17) is 5.73 Å². The number of piperidine rings is 1. The molecule has 2 heterocycles. The van der Waals surface area contributed by atoms with E-state index in [0.717, 1.165) is 25.2 Å². The molecule has 4 nitrogen and oxygen atoms in total. The maximum absolute atomic E-state index is 12.3. The average molecular weight is 292 g/mol. The summed E-state index contributed by atoms with van der Waals surface area (Å²) in [6.45, 7) is 3.10. The normalized spacial score (nSPS) is 27.1. The lowest BCUT2D eigenvalue weighted by Crippen LogP contribution is -2.46. The van der Waals surface area contributed by atoms with Crippen LogP contribution in [0.15, 0.2) is 11.9 Å². The molecule has 0 saturated carbocycles. The number of nitrogens with zero attached hydrogens (tertiary/aromatic N) is 3. The molecule has 20 heavy (non-hydrogen) atoms. The molecule has 1 fully saturated rings. The van der Waals surface area contributed by atoms with Gasteiger partial charge in [-0.1, -0.05) is 0 Å². The van der Waals surface area contributed by atoms with Crippen LogP contribution >= 0.6 is 0 Å². The molecule has 1 saturated heterocycles. The van der Waals surface area contributed by atoms with Gasteiger partial charge in [-0.05, 0) is 44.8 Å². The Hall–Kier alpha value is -0.950. The summed E-state index contributed by atoms with van der Waals surface area (Å²) in [5.41, 5.74) is 5.97. The minimum atomic E-state index is -4.09. The number of nitrogens with two attached hydrogens (primary N) is 1. The SMILES string of the molecule is CC1C=C(N)N(CC2CCN(CC(F)(F)F)CC2)N1C. The number of halogens is 3. The highest BCUT2D eigenvalue weighted by Crippen LogP contribution is 2.25. The molecule has 116 valence electrons. The van der Waals surface area contributed by atoms with Gasteiger partial charge in [0.15, 0.2) is 0 Å². The first-order valence-corrected chi connectivity index (χ1v) is 7.03. The number of likely N-dealkylation sites (tertiary alicyclic amines) is 1. The van der Waals surface area contributed by atoms with Crippen molar-refractivity contribution in [3.8, 4) is 0 Å². The summed E-state index contributed by atoms with van der Waals surface area (Å²) in [5.74, 6) is 1.15. The molecule has 7 heteroatoms. The lowest BCUT2D eigenvalue weighted by atomic mass is 9.96. The van der Waals surface area contributed by atoms with Gasteiger partial charge < -0.3 is 5.73 Å². The van der Waals surface area contributed by atoms with Gasteiger partial charge in [-0.3, -0.25) is 9.91 Å². The van der Waals surface area contributed by atoms with E-state index in [0.29, 0.717) is 19.0 Å². The van der Waals surface area contributed by atoms with Crippen molar-refractivity contribution in [2.24, 2.45) is 11.7 Å². The fourth-order valence-corrected chi connectivity index (χ4v) is 2.90. The fraction of sp³-hybridized carbons (Fsp3) is 0.846. The molecule has 2 aliphatic rings. The quantitative estimate of drug-likeness (QED) is 0.857. The molecule has 1 atom stereocenters. The first kappa shape index (κ1) is 15.4. The summed E-state index contributed by atoms with van der Waals surface area (Å²) < 4.78 is 37.0. The third kappa shape index (κ3) is 3.79. The molecule has 0 spiro atoms. The third-order valence-corrected chi connectivity index (χ3v) is 4.22. The number of hydrogen-bond donors (Lipinski definition) is 1. The van der Waals surface area contributed by atoms with Crippen LogP contribution in [0.4, 0.5) is 13.2 Å². The van der Waals surface area contributed by atoms with Crippen molar-refractivity contribution in [2.75, 3.05) is 33.2 Å². The Morgan fingerprint density at radius 2 is 1.90 bits per heavy atom. The summed E-state index contributed by atoms with van der Waals surface area (Å²) in [5, 5.41) is 4.12. The molecular weight excluding hydrogens is 269 g/mol. The molecule has 0 aliphatic carbocycles. The van der Waals surface area contributed by atoms with Gasteiger partial charge in [0.2, 0.25) is 0 Å². The van der Waals surface area contributed by atoms with E-state index in [2.05, 4.69) is 11.9 Å². The second-order valence-corrected chi connectivity index (χ2v) is 5.82. The lowest BCUT2D eigenvalue weighted by Gasteiger charge is -2.37. The summed E-state index contributed by atoms with van der Waals surface area (Å²) >= 11 is 0. The average Bonchev–Trinajstić information content (AvgIpc) is 2.56. The van der Waals surface area contributed by atoms with E-state index in [1.807, 2.05) is 18.1 Å². The predicted octanol–water partition coefficient (Wildman–Crippen LogP) is 1.61. The molecule has 0 aromatic heterocycles. The van der Waals surface area contributed by atoms with Crippen molar-refractivity contribution < 1.29 is 13.2 Å². The van der Waals surface area contributed by atoms with Crippen molar-refractivity contribution in [3.05, 3.63) is 11.9 Å². The Labute approximate surface area is 118 Å². The Balaban J connectivity index is 1.79. The maximum Gasteiger partial charge on any atom is 0.401 e. The second-order valence-electron chi connectivity index (χ2n) is 5.82. The van der Waals surface area contributed by atoms with Crippen LogP contribution in [-0.2, 0) is 0 Å². The van der Waals surface area contributed by atoms with Crippen molar-refractivity contribution in [1.29, 1.82) is 0 Å². The minimum absolute atomic E-state index is 0.278. The topological polar surface area (TPSA) is 35.7 Å². The molecule has 2 aliphatic heterocycles. The van der Waals surface area contributed by atoms with Crippen molar-refractivity contribution in [2.45, 2.75) is 32.0 Å². The van der Waals surface area contributed by atoms with Crippen LogP contribution in [0.2, 0.25) is 0 Å². The van der Waals surface area contributed by atoms with Crippen molar-refractivity contribution in [1.82, 2.24) is 14.9 Å². The van der Waals surface area contributed by atoms with Crippen LogP contribution in [0.1, 0.15) is 19.8 Å². The molecule has 2 N–H and O–H groups in total. The summed E-state index contributed by atoms with van der Waals surface area (Å²) in [6, 6.07) is 0.278. The Morgan fingerprint density at radius 3 is 2.35 bits per heavy atom. The van der Waals surface area contributed by atoms with Gasteiger partial charge in [0.1, 0.15) is 5.82 Å². The van der Waals surface area contributed by atoms with Gasteiger partial charge in [0.25, 0.3) is 0 Å². The zero-order chi connectivity index (χ0) is 14.9. The Morgan fingerprint density at radius 1 is 1.30 bits per heavy atom. The highest BCUT2D eigenvalue weighted by atomic mass is 19.4. The van der Waals surface area contributed by atoms with E-state index < -0.39 is 12.7 Å². The number of hydrogen-bond acceptors (Lipinski definition) is 4. The predicted molar refractivity (Wildman–Crippen MR) is 71.4 cm³/mol. The number of alkyl halides is 3. The molecule has 0 aromatic carbocycles. The molecule has 0 bridgehead atoms. The highest BCUT2D eigenvalue weighted by molar-refractivity contribution is 5.07. The van der Waals surface area contributed by atoms with E-state index in [9.17, 15) is 13.2 Å². The number of hydrazine groups is 1. The zero-order valence-corrected chi connectivity index (χ0v) is 12.0. The molecule has 0 amide bonds. The summed E-state index contributed by atoms with van der Waals surface area (Å²) in [4.78, 5) is 1.49. The third-order valence-electron chi connectivity index (χ3n) is 4.22. The van der Waals surface area contributed by atoms with E-state index in [1.54, 1.807) is 0 Å². The first-order chi connectivity index (χ1) is 9.26. The van der Waals surface area contributed by atoms with E-state index in [-0.39, 0.29) is 6.04 Å². The Bertz CT molecular complexity index is 361. The molecule has 0 aromatic rings. The molecule has 0 radical (unpaired) electrons. The lowest BCUT2D eigenvalue weighted by molar-refractivity contribution is -0.149. The van der Waals surface area contributed by atoms with Crippen LogP contribution in [0.3, 0.4) is 0 Å². The monoisotopic (exact) mass is 292 g/mol. The zero-order valence-electron chi connectivity index (χ0n) is 12.0. The van der Waals surface area contributed by atoms with Crippen LogP contribution in [0.5, 0.6) is 0 Å². The summed E-state index contributed by atoms with van der Waals surface area (Å²) in [6.07, 6.45) is -0.506. The Kier molecular flexibility index (Phi) is 4.49.